The minimum absolute atomic E-state index is 0.0293. The molecule has 0 unspecified atom stereocenters. The molecule has 3 nitrogen and oxygen atoms in total. The maximum Gasteiger partial charge on any atom is 0.317 e. The first-order valence-electron chi connectivity index (χ1n) is 6.44. The van der Waals surface area contributed by atoms with Crippen LogP contribution in [-0.2, 0) is 6.54 Å². The Labute approximate surface area is 118 Å². The number of rotatable bonds is 6. The molecule has 4 heteroatoms. The molecule has 1 aromatic carbocycles. The van der Waals surface area contributed by atoms with Gasteiger partial charge in [-0.05, 0) is 30.5 Å². The average molecular weight is 313 g/mol. The Hall–Kier alpha value is -1.03. The molecule has 0 atom stereocenters. The Balaban J connectivity index is 2.45. The van der Waals surface area contributed by atoms with Crippen molar-refractivity contribution >= 4 is 22.0 Å². The van der Waals surface area contributed by atoms with E-state index in [2.05, 4.69) is 35.1 Å². The molecule has 0 aliphatic carbocycles. The van der Waals surface area contributed by atoms with Gasteiger partial charge in [0.2, 0.25) is 0 Å². The third-order valence-corrected chi connectivity index (χ3v) is 3.16. The van der Waals surface area contributed by atoms with E-state index < -0.39 is 0 Å². The fraction of sp³-hybridized carbons (Fsp3) is 0.500. The van der Waals surface area contributed by atoms with E-state index in [0.29, 0.717) is 6.54 Å². The summed E-state index contributed by atoms with van der Waals surface area (Å²) in [5.74, 6) is 0. The highest BCUT2D eigenvalue weighted by molar-refractivity contribution is 9.10. The number of nitrogens with zero attached hydrogens (tertiary/aromatic N) is 1. The molecule has 0 aliphatic rings. The predicted molar refractivity (Wildman–Crippen MR) is 78.5 cm³/mol. The van der Waals surface area contributed by atoms with E-state index >= 15 is 0 Å². The highest BCUT2D eigenvalue weighted by atomic mass is 79.9. The molecule has 100 valence electrons. The van der Waals surface area contributed by atoms with Gasteiger partial charge in [-0.15, -0.1) is 0 Å². The number of carbonyl (C=O) groups is 1. The van der Waals surface area contributed by atoms with E-state index in [1.165, 1.54) is 0 Å². The molecule has 1 N–H and O–H groups in total. The highest BCUT2D eigenvalue weighted by Crippen LogP contribution is 2.10. The van der Waals surface area contributed by atoms with Crippen LogP contribution in [0.3, 0.4) is 0 Å². The van der Waals surface area contributed by atoms with Crippen molar-refractivity contribution in [2.75, 3.05) is 13.1 Å². The van der Waals surface area contributed by atoms with Crippen molar-refractivity contribution in [2.24, 2.45) is 0 Å². The second-order valence-corrected chi connectivity index (χ2v) is 5.19. The fourth-order valence-electron chi connectivity index (χ4n) is 1.75. The Morgan fingerprint density at radius 1 is 1.17 bits per heavy atom. The topological polar surface area (TPSA) is 32.3 Å². The van der Waals surface area contributed by atoms with Crippen molar-refractivity contribution in [1.29, 1.82) is 0 Å². The summed E-state index contributed by atoms with van der Waals surface area (Å²) in [7, 11) is 0. The summed E-state index contributed by atoms with van der Waals surface area (Å²) < 4.78 is 1.05. The van der Waals surface area contributed by atoms with Crippen molar-refractivity contribution in [3.8, 4) is 0 Å². The van der Waals surface area contributed by atoms with Crippen molar-refractivity contribution in [3.63, 3.8) is 0 Å². The van der Waals surface area contributed by atoms with Crippen LogP contribution in [0.1, 0.15) is 32.3 Å². The first kappa shape index (κ1) is 15.0. The summed E-state index contributed by atoms with van der Waals surface area (Å²) in [4.78, 5) is 13.8. The maximum atomic E-state index is 12.0. The zero-order valence-electron chi connectivity index (χ0n) is 11.1. The summed E-state index contributed by atoms with van der Waals surface area (Å²) in [6.45, 7) is 6.39. The molecule has 0 heterocycles. The van der Waals surface area contributed by atoms with E-state index in [1.807, 2.05) is 29.2 Å². The second-order valence-electron chi connectivity index (χ2n) is 4.27. The first-order valence-corrected chi connectivity index (χ1v) is 7.23. The minimum Gasteiger partial charge on any atom is -0.334 e. The predicted octanol–water partition coefficient (Wildman–Crippen LogP) is 3.78. The van der Waals surface area contributed by atoms with Gasteiger partial charge in [0, 0.05) is 24.1 Å². The Morgan fingerprint density at radius 3 is 2.22 bits per heavy atom. The molecule has 1 aromatic rings. The van der Waals surface area contributed by atoms with Crippen LogP contribution < -0.4 is 5.32 Å². The van der Waals surface area contributed by atoms with E-state index in [-0.39, 0.29) is 6.03 Å². The van der Waals surface area contributed by atoms with E-state index in [1.54, 1.807) is 0 Å². The zero-order chi connectivity index (χ0) is 13.4. The standard InChI is InChI=1S/C14H21BrN2O/c1-3-9-17(10-4-2)14(18)16-11-12-5-7-13(15)8-6-12/h5-8H,3-4,9-11H2,1-2H3,(H,16,18). The third kappa shape index (κ3) is 5.08. The van der Waals surface area contributed by atoms with Crippen LogP contribution in [0.2, 0.25) is 0 Å². The van der Waals surface area contributed by atoms with Gasteiger partial charge in [-0.25, -0.2) is 4.79 Å². The largest absolute Gasteiger partial charge is 0.334 e. The molecule has 0 saturated heterocycles. The number of urea groups is 1. The van der Waals surface area contributed by atoms with E-state index in [0.717, 1.165) is 36.0 Å². The van der Waals surface area contributed by atoms with Gasteiger partial charge < -0.3 is 10.2 Å². The van der Waals surface area contributed by atoms with Crippen molar-refractivity contribution in [1.82, 2.24) is 10.2 Å². The van der Waals surface area contributed by atoms with Gasteiger partial charge in [0.05, 0.1) is 0 Å². The van der Waals surface area contributed by atoms with Gasteiger partial charge in [0.15, 0.2) is 0 Å². The molecule has 2 amide bonds. The van der Waals surface area contributed by atoms with Crippen molar-refractivity contribution < 1.29 is 4.79 Å². The molecule has 0 radical (unpaired) electrons. The number of amides is 2. The Kier molecular flexibility index (Phi) is 6.80. The molecular weight excluding hydrogens is 292 g/mol. The number of benzene rings is 1. The molecule has 0 aliphatic heterocycles. The smallest absolute Gasteiger partial charge is 0.317 e. The highest BCUT2D eigenvalue weighted by Gasteiger charge is 2.10. The number of hydrogen-bond acceptors (Lipinski definition) is 1. The quantitative estimate of drug-likeness (QED) is 0.851. The second kappa shape index (κ2) is 8.14. The van der Waals surface area contributed by atoms with Crippen LogP contribution in [0.15, 0.2) is 28.7 Å². The van der Waals surface area contributed by atoms with E-state index in [4.69, 9.17) is 0 Å². The minimum atomic E-state index is 0.0293. The van der Waals surface area contributed by atoms with Gasteiger partial charge in [-0.3, -0.25) is 0 Å². The molecule has 0 bridgehead atoms. The molecular formula is C14H21BrN2O. The molecule has 0 saturated carbocycles. The number of hydrogen-bond donors (Lipinski definition) is 1. The summed E-state index contributed by atoms with van der Waals surface area (Å²) in [5.41, 5.74) is 1.11. The first-order chi connectivity index (χ1) is 8.67. The lowest BCUT2D eigenvalue weighted by atomic mass is 10.2. The molecule has 0 aromatic heterocycles. The number of carbonyl (C=O) groups excluding carboxylic acids is 1. The lowest BCUT2D eigenvalue weighted by Gasteiger charge is -2.21. The van der Waals surface area contributed by atoms with Crippen LogP contribution in [0.4, 0.5) is 4.79 Å². The monoisotopic (exact) mass is 312 g/mol. The Bertz CT molecular complexity index is 359. The van der Waals surface area contributed by atoms with Gasteiger partial charge in [0.1, 0.15) is 0 Å². The normalized spacial score (nSPS) is 10.2. The SMILES string of the molecule is CCCN(CCC)C(=O)NCc1ccc(Br)cc1. The van der Waals surface area contributed by atoms with Crippen molar-refractivity contribution in [2.45, 2.75) is 33.2 Å². The van der Waals surface area contributed by atoms with Crippen molar-refractivity contribution in [3.05, 3.63) is 34.3 Å². The lowest BCUT2D eigenvalue weighted by Crippen LogP contribution is -2.40. The summed E-state index contributed by atoms with van der Waals surface area (Å²) >= 11 is 3.39. The summed E-state index contributed by atoms with van der Waals surface area (Å²) in [6, 6.07) is 8.01. The van der Waals surface area contributed by atoms with Gasteiger partial charge in [-0.2, -0.15) is 0 Å². The third-order valence-electron chi connectivity index (χ3n) is 2.63. The summed E-state index contributed by atoms with van der Waals surface area (Å²) in [6.07, 6.45) is 1.98. The summed E-state index contributed by atoms with van der Waals surface area (Å²) in [5, 5.41) is 2.96. The van der Waals surface area contributed by atoms with Crippen LogP contribution in [-0.4, -0.2) is 24.0 Å². The van der Waals surface area contributed by atoms with Crippen LogP contribution >= 0.6 is 15.9 Å². The molecule has 1 rings (SSSR count). The van der Waals surface area contributed by atoms with Gasteiger partial charge in [0.25, 0.3) is 0 Å². The van der Waals surface area contributed by atoms with Crippen LogP contribution in [0.25, 0.3) is 0 Å². The maximum absolute atomic E-state index is 12.0. The fourth-order valence-corrected chi connectivity index (χ4v) is 2.01. The Morgan fingerprint density at radius 2 is 1.72 bits per heavy atom. The molecule has 18 heavy (non-hydrogen) atoms. The van der Waals surface area contributed by atoms with Gasteiger partial charge in [-0.1, -0.05) is 41.9 Å². The van der Waals surface area contributed by atoms with Gasteiger partial charge >= 0.3 is 6.03 Å². The zero-order valence-corrected chi connectivity index (χ0v) is 12.7. The van der Waals surface area contributed by atoms with E-state index in [9.17, 15) is 4.79 Å². The van der Waals surface area contributed by atoms with Crippen LogP contribution in [0.5, 0.6) is 0 Å². The molecule has 0 spiro atoms. The lowest BCUT2D eigenvalue weighted by molar-refractivity contribution is 0.197. The number of halogens is 1. The van der Waals surface area contributed by atoms with Crippen LogP contribution in [0, 0.1) is 0 Å². The number of nitrogens with one attached hydrogen (secondary N) is 1. The molecule has 0 fully saturated rings. The average Bonchev–Trinajstić information content (AvgIpc) is 2.37.